The van der Waals surface area contributed by atoms with Gasteiger partial charge in [0.05, 0.1) is 15.1 Å². The summed E-state index contributed by atoms with van der Waals surface area (Å²) in [5.41, 5.74) is 0.731. The monoisotopic (exact) mass is 363 g/mol. The quantitative estimate of drug-likeness (QED) is 0.751. The fourth-order valence-corrected chi connectivity index (χ4v) is 2.19. The highest BCUT2D eigenvalue weighted by atomic mass is 127. The highest BCUT2D eigenvalue weighted by Crippen LogP contribution is 2.16. The van der Waals surface area contributed by atoms with Gasteiger partial charge in [0.15, 0.2) is 0 Å². The number of nitrogens with zero attached hydrogens (tertiary/aromatic N) is 1. The molecule has 2 nitrogen and oxygen atoms in total. The van der Waals surface area contributed by atoms with E-state index in [1.54, 1.807) is 29.0 Å². The Kier molecular flexibility index (Phi) is 3.83. The SMILES string of the molecule is O=c1c(I)cccn1Cc1ccc(F)c(Cl)c1. The van der Waals surface area contributed by atoms with Crippen LogP contribution in [0.15, 0.2) is 41.3 Å². The summed E-state index contributed by atoms with van der Waals surface area (Å²) in [7, 11) is 0. The molecule has 0 N–H and O–H groups in total. The van der Waals surface area contributed by atoms with Crippen LogP contribution in [0.1, 0.15) is 5.56 Å². The summed E-state index contributed by atoms with van der Waals surface area (Å²) in [5, 5.41) is 0.0705. The Morgan fingerprint density at radius 3 is 2.82 bits per heavy atom. The van der Waals surface area contributed by atoms with E-state index in [0.717, 1.165) is 5.56 Å². The van der Waals surface area contributed by atoms with E-state index in [4.69, 9.17) is 11.6 Å². The second-order valence-corrected chi connectivity index (χ2v) is 5.11. The molecule has 0 saturated heterocycles. The Labute approximate surface area is 116 Å². The van der Waals surface area contributed by atoms with Crippen molar-refractivity contribution < 1.29 is 4.39 Å². The van der Waals surface area contributed by atoms with E-state index < -0.39 is 5.82 Å². The van der Waals surface area contributed by atoms with Crippen LogP contribution in [0.5, 0.6) is 0 Å². The van der Waals surface area contributed by atoms with Crippen LogP contribution < -0.4 is 5.56 Å². The topological polar surface area (TPSA) is 22.0 Å². The molecule has 0 aliphatic heterocycles. The molecule has 1 heterocycles. The van der Waals surface area contributed by atoms with Crippen LogP contribution in [0.4, 0.5) is 4.39 Å². The van der Waals surface area contributed by atoms with Gasteiger partial charge in [-0.1, -0.05) is 17.7 Å². The van der Waals surface area contributed by atoms with Crippen molar-refractivity contribution in [2.24, 2.45) is 0 Å². The van der Waals surface area contributed by atoms with Gasteiger partial charge in [0, 0.05) is 6.20 Å². The Morgan fingerprint density at radius 1 is 1.35 bits per heavy atom. The van der Waals surface area contributed by atoms with Crippen LogP contribution in [0.25, 0.3) is 0 Å². The Bertz CT molecular complexity index is 612. The zero-order valence-corrected chi connectivity index (χ0v) is 11.6. The van der Waals surface area contributed by atoms with Crippen LogP contribution in [0, 0.1) is 9.39 Å². The van der Waals surface area contributed by atoms with Gasteiger partial charge < -0.3 is 4.57 Å². The summed E-state index contributed by atoms with van der Waals surface area (Å²) < 4.78 is 15.2. The average molecular weight is 364 g/mol. The summed E-state index contributed by atoms with van der Waals surface area (Å²) in [6, 6.07) is 8.00. The highest BCUT2D eigenvalue weighted by molar-refractivity contribution is 14.1. The van der Waals surface area contributed by atoms with E-state index in [9.17, 15) is 9.18 Å². The summed E-state index contributed by atoms with van der Waals surface area (Å²) in [4.78, 5) is 11.8. The molecule has 0 amide bonds. The van der Waals surface area contributed by atoms with E-state index in [-0.39, 0.29) is 10.6 Å². The number of pyridine rings is 1. The van der Waals surface area contributed by atoms with Gasteiger partial charge in [-0.25, -0.2) is 4.39 Å². The van der Waals surface area contributed by atoms with Gasteiger partial charge in [0.2, 0.25) is 0 Å². The lowest BCUT2D eigenvalue weighted by Gasteiger charge is -2.06. The van der Waals surface area contributed by atoms with Crippen molar-refractivity contribution in [2.75, 3.05) is 0 Å². The van der Waals surface area contributed by atoms with E-state index in [1.807, 2.05) is 22.6 Å². The molecule has 0 fully saturated rings. The third-order valence-electron chi connectivity index (χ3n) is 2.31. The third kappa shape index (κ3) is 2.87. The zero-order valence-electron chi connectivity index (χ0n) is 8.66. The first-order valence-corrected chi connectivity index (χ1v) is 6.32. The molecule has 0 atom stereocenters. The summed E-state index contributed by atoms with van der Waals surface area (Å²) in [6.45, 7) is 0.385. The third-order valence-corrected chi connectivity index (χ3v) is 3.42. The predicted octanol–water partition coefficient (Wildman–Crippen LogP) is 3.29. The molecule has 88 valence electrons. The second kappa shape index (κ2) is 5.18. The Hall–Kier alpha value is -0.880. The van der Waals surface area contributed by atoms with Gasteiger partial charge in [0.25, 0.3) is 5.56 Å². The molecule has 17 heavy (non-hydrogen) atoms. The molecule has 0 saturated carbocycles. The molecular weight excluding hydrogens is 355 g/mol. The van der Waals surface area contributed by atoms with Crippen LogP contribution >= 0.6 is 34.2 Å². The first-order valence-electron chi connectivity index (χ1n) is 4.87. The minimum Gasteiger partial charge on any atom is -0.310 e. The molecule has 2 aromatic rings. The van der Waals surface area contributed by atoms with Crippen molar-refractivity contribution in [2.45, 2.75) is 6.54 Å². The molecular formula is C12H8ClFINO. The summed E-state index contributed by atoms with van der Waals surface area (Å²) in [6.07, 6.45) is 1.70. The Balaban J connectivity index is 2.35. The van der Waals surface area contributed by atoms with Gasteiger partial charge in [-0.15, -0.1) is 0 Å². The van der Waals surface area contributed by atoms with Crippen molar-refractivity contribution in [3.63, 3.8) is 0 Å². The fraction of sp³-hybridized carbons (Fsp3) is 0.0833. The molecule has 0 bridgehead atoms. The second-order valence-electron chi connectivity index (χ2n) is 3.54. The molecule has 0 aliphatic carbocycles. The van der Waals surface area contributed by atoms with E-state index in [1.165, 1.54) is 12.1 Å². The number of benzene rings is 1. The lowest BCUT2D eigenvalue weighted by molar-refractivity contribution is 0.626. The summed E-state index contributed by atoms with van der Waals surface area (Å²) >= 11 is 7.67. The van der Waals surface area contributed by atoms with E-state index in [0.29, 0.717) is 10.1 Å². The van der Waals surface area contributed by atoms with Gasteiger partial charge in [0.1, 0.15) is 5.82 Å². The maximum Gasteiger partial charge on any atom is 0.264 e. The van der Waals surface area contributed by atoms with Crippen molar-refractivity contribution >= 4 is 34.2 Å². The Morgan fingerprint density at radius 2 is 2.12 bits per heavy atom. The van der Waals surface area contributed by atoms with Crippen LogP contribution in [-0.4, -0.2) is 4.57 Å². The van der Waals surface area contributed by atoms with Crippen molar-refractivity contribution in [3.8, 4) is 0 Å². The smallest absolute Gasteiger partial charge is 0.264 e. The minimum absolute atomic E-state index is 0.0615. The molecule has 1 aromatic carbocycles. The van der Waals surface area contributed by atoms with Gasteiger partial charge >= 0.3 is 0 Å². The molecule has 1 aromatic heterocycles. The molecule has 0 spiro atoms. The van der Waals surface area contributed by atoms with E-state index in [2.05, 4.69) is 0 Å². The molecule has 0 radical (unpaired) electrons. The standard InChI is InChI=1S/C12H8ClFINO/c13-9-6-8(3-4-10(9)14)7-16-5-1-2-11(15)12(16)17/h1-6H,7H2. The molecule has 0 unspecified atom stereocenters. The van der Waals surface area contributed by atoms with Gasteiger partial charge in [-0.05, 0) is 52.4 Å². The number of hydrogen-bond donors (Lipinski definition) is 0. The molecule has 5 heteroatoms. The van der Waals surface area contributed by atoms with Crippen LogP contribution in [0.2, 0.25) is 5.02 Å². The lowest BCUT2D eigenvalue weighted by Crippen LogP contribution is -2.21. The normalized spacial score (nSPS) is 10.5. The first-order chi connectivity index (χ1) is 8.08. The number of aromatic nitrogens is 1. The van der Waals surface area contributed by atoms with E-state index >= 15 is 0 Å². The first kappa shape index (κ1) is 12.6. The fourth-order valence-electron chi connectivity index (χ4n) is 1.47. The number of halogens is 3. The highest BCUT2D eigenvalue weighted by Gasteiger charge is 2.04. The van der Waals surface area contributed by atoms with Crippen molar-refractivity contribution in [3.05, 3.63) is 66.9 Å². The summed E-state index contributed by atoms with van der Waals surface area (Å²) in [5.74, 6) is -0.453. The zero-order chi connectivity index (χ0) is 12.4. The minimum atomic E-state index is -0.453. The van der Waals surface area contributed by atoms with Gasteiger partial charge in [-0.3, -0.25) is 4.79 Å². The predicted molar refractivity (Wildman–Crippen MR) is 73.9 cm³/mol. The van der Waals surface area contributed by atoms with Gasteiger partial charge in [-0.2, -0.15) is 0 Å². The van der Waals surface area contributed by atoms with Crippen LogP contribution in [-0.2, 0) is 6.54 Å². The maximum atomic E-state index is 13.0. The number of hydrogen-bond acceptors (Lipinski definition) is 1. The average Bonchev–Trinajstić information content (AvgIpc) is 2.30. The molecule has 2 rings (SSSR count). The number of rotatable bonds is 2. The largest absolute Gasteiger partial charge is 0.310 e. The van der Waals surface area contributed by atoms with Crippen molar-refractivity contribution in [1.29, 1.82) is 0 Å². The van der Waals surface area contributed by atoms with Crippen molar-refractivity contribution in [1.82, 2.24) is 4.57 Å². The molecule has 0 aliphatic rings. The lowest BCUT2D eigenvalue weighted by atomic mass is 10.2. The maximum absolute atomic E-state index is 13.0. The van der Waals surface area contributed by atoms with Crippen LogP contribution in [0.3, 0.4) is 0 Å².